The molecule has 0 atom stereocenters. The van der Waals surface area contributed by atoms with E-state index in [4.69, 9.17) is 24.4 Å². The molecule has 0 aliphatic carbocycles. The van der Waals surface area contributed by atoms with Gasteiger partial charge in [-0.3, -0.25) is 10.9 Å². The van der Waals surface area contributed by atoms with Gasteiger partial charge in [0.2, 0.25) is 0 Å². The van der Waals surface area contributed by atoms with E-state index in [9.17, 15) is 5.11 Å². The van der Waals surface area contributed by atoms with Crippen LogP contribution in [0.2, 0.25) is 0 Å². The molecule has 2 rings (SSSR count). The lowest BCUT2D eigenvalue weighted by atomic mass is 10.00. The molecule has 27 heavy (non-hydrogen) atoms. The van der Waals surface area contributed by atoms with Crippen LogP contribution in [-0.2, 0) is 0 Å². The zero-order valence-electron chi connectivity index (χ0n) is 14.9. The molecule has 0 amide bonds. The number of nitrogens with zero attached hydrogens (tertiary/aromatic N) is 2. The fourth-order valence-electron chi connectivity index (χ4n) is 2.05. The van der Waals surface area contributed by atoms with Crippen LogP contribution in [0.1, 0.15) is 11.1 Å². The number of phenolic OH excluding ortho intramolecular Hbond substituents is 1. The first-order valence-corrected chi connectivity index (χ1v) is 8.82. The van der Waals surface area contributed by atoms with Gasteiger partial charge in [0.1, 0.15) is 17.2 Å². The van der Waals surface area contributed by atoms with Gasteiger partial charge >= 0.3 is 0 Å². The van der Waals surface area contributed by atoms with E-state index in [2.05, 4.69) is 31.7 Å². The van der Waals surface area contributed by atoms with Gasteiger partial charge in [0.25, 0.3) is 0 Å². The Bertz CT molecular complexity index is 850. The monoisotopic (exact) mass is 400 g/mol. The number of hydrazone groups is 2. The number of phenols is 1. The maximum absolute atomic E-state index is 9.60. The Morgan fingerprint density at radius 3 is 1.63 bits per heavy atom. The molecule has 0 spiro atoms. The maximum atomic E-state index is 9.60. The van der Waals surface area contributed by atoms with Gasteiger partial charge in [-0.15, -0.1) is 0 Å². The minimum Gasteiger partial charge on any atom is -0.508 e. The van der Waals surface area contributed by atoms with Crippen molar-refractivity contribution in [2.24, 2.45) is 10.2 Å². The van der Waals surface area contributed by atoms with Crippen molar-refractivity contribution in [3.8, 4) is 5.75 Å². The Morgan fingerprint density at radius 1 is 0.741 bits per heavy atom. The van der Waals surface area contributed by atoms with Gasteiger partial charge in [-0.1, -0.05) is 30.3 Å². The second-order valence-electron chi connectivity index (χ2n) is 5.22. The fourth-order valence-corrected chi connectivity index (χ4v) is 2.14. The third kappa shape index (κ3) is 6.01. The standard InChI is InChI=1S/C18H20N6OS2/c1-19-17(26)23-21-15(12-6-4-3-5-7-12)16(22-24-18(27)20-2)13-8-10-14(25)11-9-13/h3-11,25H,1-2H3,(H2,19,23,26)(H2,20,24,27). The largest absolute Gasteiger partial charge is 0.508 e. The fraction of sp³-hybridized carbons (Fsp3) is 0.111. The first-order chi connectivity index (χ1) is 13.0. The van der Waals surface area contributed by atoms with Crippen LogP contribution in [-0.4, -0.2) is 40.9 Å². The van der Waals surface area contributed by atoms with E-state index in [1.165, 1.54) is 0 Å². The summed E-state index contributed by atoms with van der Waals surface area (Å²) in [5.74, 6) is 0.157. The van der Waals surface area contributed by atoms with Crippen molar-refractivity contribution in [1.29, 1.82) is 0 Å². The highest BCUT2D eigenvalue weighted by Gasteiger charge is 2.16. The molecule has 0 heterocycles. The Labute approximate surface area is 168 Å². The SMILES string of the molecule is CNC(=S)NN=C(C(=NNC(=S)NC)c1ccc(O)cc1)c1ccccc1. The van der Waals surface area contributed by atoms with Crippen molar-refractivity contribution in [2.45, 2.75) is 0 Å². The Hall–Kier alpha value is -3.04. The summed E-state index contributed by atoms with van der Waals surface area (Å²) in [7, 11) is 3.40. The molecule has 0 saturated heterocycles. The molecule has 0 unspecified atom stereocenters. The van der Waals surface area contributed by atoms with E-state index in [1.54, 1.807) is 38.4 Å². The molecule has 2 aromatic rings. The number of aromatic hydroxyl groups is 1. The minimum atomic E-state index is 0.157. The molecule has 7 nitrogen and oxygen atoms in total. The molecule has 5 N–H and O–H groups in total. The van der Waals surface area contributed by atoms with Crippen molar-refractivity contribution in [1.82, 2.24) is 21.5 Å². The lowest BCUT2D eigenvalue weighted by molar-refractivity contribution is 0.475. The lowest BCUT2D eigenvalue weighted by Crippen LogP contribution is -2.33. The van der Waals surface area contributed by atoms with Crippen LogP contribution in [0.3, 0.4) is 0 Å². The topological polar surface area (TPSA) is 93.1 Å². The van der Waals surface area contributed by atoms with Gasteiger partial charge in [0.05, 0.1) is 0 Å². The molecule has 0 fully saturated rings. The van der Waals surface area contributed by atoms with Crippen molar-refractivity contribution in [3.63, 3.8) is 0 Å². The van der Waals surface area contributed by atoms with Crippen molar-refractivity contribution in [3.05, 3.63) is 65.7 Å². The van der Waals surface area contributed by atoms with Crippen molar-refractivity contribution < 1.29 is 5.11 Å². The second-order valence-corrected chi connectivity index (χ2v) is 6.03. The third-order valence-electron chi connectivity index (χ3n) is 3.40. The van der Waals surface area contributed by atoms with Gasteiger partial charge in [0, 0.05) is 25.2 Å². The lowest BCUT2D eigenvalue weighted by Gasteiger charge is -2.13. The van der Waals surface area contributed by atoms with E-state index in [0.29, 0.717) is 21.6 Å². The summed E-state index contributed by atoms with van der Waals surface area (Å²) in [6.45, 7) is 0. The molecule has 140 valence electrons. The normalized spacial score (nSPS) is 11.5. The number of nitrogens with one attached hydrogen (secondary N) is 4. The van der Waals surface area contributed by atoms with Crippen LogP contribution in [0.15, 0.2) is 64.8 Å². The Balaban J connectivity index is 2.56. The number of rotatable bonds is 5. The summed E-state index contributed by atoms with van der Waals surface area (Å²) < 4.78 is 0. The van der Waals surface area contributed by atoms with E-state index in [-0.39, 0.29) is 5.75 Å². The molecule has 9 heteroatoms. The zero-order valence-corrected chi connectivity index (χ0v) is 16.5. The van der Waals surface area contributed by atoms with Crippen LogP contribution in [0.4, 0.5) is 0 Å². The molecule has 0 radical (unpaired) electrons. The van der Waals surface area contributed by atoms with Crippen LogP contribution in [0.25, 0.3) is 0 Å². The zero-order chi connectivity index (χ0) is 19.6. The molecule has 0 aliphatic heterocycles. The van der Waals surface area contributed by atoms with Crippen molar-refractivity contribution in [2.75, 3.05) is 14.1 Å². The van der Waals surface area contributed by atoms with Gasteiger partial charge in [-0.25, -0.2) is 0 Å². The number of benzene rings is 2. The summed E-state index contributed by atoms with van der Waals surface area (Å²) in [5.41, 5.74) is 8.21. The highest BCUT2D eigenvalue weighted by molar-refractivity contribution is 7.80. The summed E-state index contributed by atoms with van der Waals surface area (Å²) >= 11 is 10.2. The summed E-state index contributed by atoms with van der Waals surface area (Å²) in [6.07, 6.45) is 0. The highest BCUT2D eigenvalue weighted by Crippen LogP contribution is 2.14. The van der Waals surface area contributed by atoms with E-state index >= 15 is 0 Å². The molecular weight excluding hydrogens is 380 g/mol. The van der Waals surface area contributed by atoms with Crippen LogP contribution >= 0.6 is 24.4 Å². The van der Waals surface area contributed by atoms with E-state index in [0.717, 1.165) is 11.1 Å². The van der Waals surface area contributed by atoms with Gasteiger partial charge in [0.15, 0.2) is 10.2 Å². The minimum absolute atomic E-state index is 0.157. The van der Waals surface area contributed by atoms with Crippen LogP contribution < -0.4 is 21.5 Å². The van der Waals surface area contributed by atoms with Crippen LogP contribution in [0.5, 0.6) is 5.75 Å². The van der Waals surface area contributed by atoms with Crippen molar-refractivity contribution >= 4 is 46.1 Å². The third-order valence-corrected chi connectivity index (χ3v) is 4.00. The predicted molar refractivity (Wildman–Crippen MR) is 117 cm³/mol. The molecule has 0 bridgehead atoms. The second kappa shape index (κ2) is 10.2. The number of hydrogen-bond donors (Lipinski definition) is 5. The summed E-state index contributed by atoms with van der Waals surface area (Å²) in [4.78, 5) is 0. The van der Waals surface area contributed by atoms with Gasteiger partial charge in [-0.2, -0.15) is 10.2 Å². The quantitative estimate of drug-likeness (QED) is 0.296. The van der Waals surface area contributed by atoms with Gasteiger partial charge in [-0.05, 0) is 48.7 Å². The van der Waals surface area contributed by atoms with Crippen LogP contribution in [0, 0.1) is 0 Å². The highest BCUT2D eigenvalue weighted by atomic mass is 32.1. The number of hydrogen-bond acceptors (Lipinski definition) is 5. The Morgan fingerprint density at radius 2 is 1.19 bits per heavy atom. The summed E-state index contributed by atoms with van der Waals surface area (Å²) in [5, 5.41) is 24.8. The smallest absolute Gasteiger partial charge is 0.186 e. The molecule has 0 aliphatic rings. The first kappa shape index (κ1) is 20.3. The molecule has 0 saturated carbocycles. The average molecular weight is 401 g/mol. The average Bonchev–Trinajstić information content (AvgIpc) is 2.71. The summed E-state index contributed by atoms with van der Waals surface area (Å²) in [6, 6.07) is 16.2. The predicted octanol–water partition coefficient (Wildman–Crippen LogP) is 1.69. The first-order valence-electron chi connectivity index (χ1n) is 8.01. The van der Waals surface area contributed by atoms with E-state index in [1.807, 2.05) is 30.3 Å². The van der Waals surface area contributed by atoms with Gasteiger partial charge < -0.3 is 15.7 Å². The molecule has 2 aromatic carbocycles. The van der Waals surface area contributed by atoms with E-state index < -0.39 is 0 Å². The Kier molecular flexibility index (Phi) is 7.65. The molecular formula is C18H20N6OS2. The maximum Gasteiger partial charge on any atom is 0.186 e. The number of thiocarbonyl (C=S) groups is 2. The molecule has 0 aromatic heterocycles.